The summed E-state index contributed by atoms with van der Waals surface area (Å²) in [5, 5.41) is 5.22. The average molecular weight is 410 g/mol. The van der Waals surface area contributed by atoms with Gasteiger partial charge in [-0.1, -0.05) is 18.2 Å². The molecular formula is C20H18N4O4S. The van der Waals surface area contributed by atoms with Crippen LogP contribution in [0.3, 0.4) is 0 Å². The van der Waals surface area contributed by atoms with Gasteiger partial charge in [0.05, 0.1) is 10.6 Å². The first-order chi connectivity index (χ1) is 14.0. The molecule has 0 unspecified atom stereocenters. The summed E-state index contributed by atoms with van der Waals surface area (Å²) in [6.07, 6.45) is 0. The smallest absolute Gasteiger partial charge is 0.305 e. The van der Waals surface area contributed by atoms with Crippen molar-refractivity contribution in [3.05, 3.63) is 70.6 Å². The Balaban J connectivity index is 1.33. The normalized spacial score (nSPS) is 10.8. The van der Waals surface area contributed by atoms with Crippen molar-refractivity contribution in [3.8, 4) is 5.75 Å². The van der Waals surface area contributed by atoms with Gasteiger partial charge < -0.3 is 9.15 Å². The molecule has 29 heavy (non-hydrogen) atoms. The molecule has 0 aliphatic carbocycles. The van der Waals surface area contributed by atoms with Crippen LogP contribution in [0.1, 0.15) is 31.7 Å². The Bertz CT molecular complexity index is 1140. The molecule has 1 aromatic carbocycles. The number of furan rings is 1. The number of para-hydroxylation sites is 1. The minimum atomic E-state index is -0.553. The summed E-state index contributed by atoms with van der Waals surface area (Å²) >= 11 is 1.31. The van der Waals surface area contributed by atoms with E-state index in [2.05, 4.69) is 16.0 Å². The number of hydrogen-bond acceptors (Lipinski definition) is 6. The van der Waals surface area contributed by atoms with Gasteiger partial charge in [0, 0.05) is 12.4 Å². The summed E-state index contributed by atoms with van der Waals surface area (Å²) in [5.74, 6) is 0.323. The minimum absolute atomic E-state index is 0.0772. The molecule has 2 N–H and O–H groups in total. The molecule has 4 rings (SSSR count). The molecule has 3 heterocycles. The van der Waals surface area contributed by atoms with E-state index in [1.54, 1.807) is 16.8 Å². The lowest BCUT2D eigenvalue weighted by atomic mass is 10.3. The number of aryl methyl sites for hydroxylation is 2. The number of nitrogens with one attached hydrogen (secondary N) is 2. The largest absolute Gasteiger partial charge is 0.486 e. The molecule has 9 heteroatoms. The van der Waals surface area contributed by atoms with Gasteiger partial charge in [0.2, 0.25) is 0 Å². The Labute approximate surface area is 170 Å². The highest BCUT2D eigenvalue weighted by Gasteiger charge is 2.17. The minimum Gasteiger partial charge on any atom is -0.486 e. The number of amides is 2. The van der Waals surface area contributed by atoms with E-state index in [9.17, 15) is 9.59 Å². The van der Waals surface area contributed by atoms with Crippen LogP contribution in [0.25, 0.3) is 10.2 Å². The predicted molar refractivity (Wildman–Crippen MR) is 108 cm³/mol. The maximum Gasteiger partial charge on any atom is 0.305 e. The molecule has 0 aliphatic heterocycles. The topological polar surface area (TPSA) is 98.4 Å². The summed E-state index contributed by atoms with van der Waals surface area (Å²) in [4.78, 5) is 25.9. The van der Waals surface area contributed by atoms with Gasteiger partial charge in [0.15, 0.2) is 5.76 Å². The lowest BCUT2D eigenvalue weighted by molar-refractivity contribution is 0.0830. The summed E-state index contributed by atoms with van der Waals surface area (Å²) in [6, 6.07) is 14.2. The number of aromatic nitrogens is 2. The van der Waals surface area contributed by atoms with Crippen molar-refractivity contribution in [2.24, 2.45) is 7.05 Å². The fourth-order valence-electron chi connectivity index (χ4n) is 2.80. The predicted octanol–water partition coefficient (Wildman–Crippen LogP) is 3.19. The third kappa shape index (κ3) is 3.99. The molecule has 0 bridgehead atoms. The van der Waals surface area contributed by atoms with Gasteiger partial charge in [-0.15, -0.1) is 11.3 Å². The second-order valence-electron chi connectivity index (χ2n) is 6.31. The van der Waals surface area contributed by atoms with Crippen LogP contribution in [0, 0.1) is 6.92 Å². The van der Waals surface area contributed by atoms with Crippen molar-refractivity contribution in [2.75, 3.05) is 0 Å². The molecule has 3 aromatic heterocycles. The van der Waals surface area contributed by atoms with Crippen LogP contribution in [0.15, 0.2) is 52.9 Å². The van der Waals surface area contributed by atoms with Gasteiger partial charge >= 0.3 is 5.91 Å². The maximum atomic E-state index is 12.3. The van der Waals surface area contributed by atoms with Gasteiger partial charge in [0.1, 0.15) is 22.9 Å². The summed E-state index contributed by atoms with van der Waals surface area (Å²) in [5.41, 5.74) is 5.62. The van der Waals surface area contributed by atoms with Crippen LogP contribution < -0.4 is 15.6 Å². The van der Waals surface area contributed by atoms with E-state index in [1.165, 1.54) is 17.4 Å². The number of carbonyl (C=O) groups is 2. The maximum absolute atomic E-state index is 12.3. The second kappa shape index (κ2) is 7.80. The number of ether oxygens (including phenoxy) is 1. The molecule has 148 valence electrons. The Hall–Kier alpha value is -3.59. The summed E-state index contributed by atoms with van der Waals surface area (Å²) in [7, 11) is 1.82. The van der Waals surface area contributed by atoms with Crippen molar-refractivity contribution in [3.63, 3.8) is 0 Å². The van der Waals surface area contributed by atoms with Crippen molar-refractivity contribution in [1.29, 1.82) is 0 Å². The van der Waals surface area contributed by atoms with E-state index in [0.29, 0.717) is 16.4 Å². The highest BCUT2D eigenvalue weighted by Crippen LogP contribution is 2.27. The number of fused-ring (bicyclic) bond motifs is 1. The molecule has 8 nitrogen and oxygen atoms in total. The number of thiophene rings is 1. The van der Waals surface area contributed by atoms with Crippen LogP contribution in [0.2, 0.25) is 0 Å². The molecule has 0 saturated carbocycles. The number of hydrogen-bond donors (Lipinski definition) is 2. The van der Waals surface area contributed by atoms with Crippen molar-refractivity contribution < 1.29 is 18.7 Å². The van der Waals surface area contributed by atoms with Gasteiger partial charge in [-0.05, 0) is 37.3 Å². The van der Waals surface area contributed by atoms with Gasteiger partial charge in [-0.2, -0.15) is 5.10 Å². The summed E-state index contributed by atoms with van der Waals surface area (Å²) < 4.78 is 12.8. The number of rotatable bonds is 5. The molecule has 0 fully saturated rings. The number of carbonyl (C=O) groups excluding carboxylic acids is 2. The number of benzene rings is 1. The van der Waals surface area contributed by atoms with Crippen molar-refractivity contribution >= 4 is 33.4 Å². The molecular weight excluding hydrogens is 392 g/mol. The highest BCUT2D eigenvalue weighted by atomic mass is 32.1. The Morgan fingerprint density at radius 1 is 1.14 bits per heavy atom. The summed E-state index contributed by atoms with van der Waals surface area (Å²) in [6.45, 7) is 2.08. The zero-order valence-corrected chi connectivity index (χ0v) is 16.6. The van der Waals surface area contributed by atoms with E-state index in [4.69, 9.17) is 9.15 Å². The molecule has 0 spiro atoms. The first-order valence-electron chi connectivity index (χ1n) is 8.81. The quantitative estimate of drug-likeness (QED) is 0.493. The van der Waals surface area contributed by atoms with E-state index in [-0.39, 0.29) is 12.4 Å². The van der Waals surface area contributed by atoms with Crippen LogP contribution in [0.5, 0.6) is 5.75 Å². The van der Waals surface area contributed by atoms with Crippen LogP contribution in [-0.4, -0.2) is 21.6 Å². The number of hydrazine groups is 1. The lowest BCUT2D eigenvalue weighted by Gasteiger charge is -2.05. The standard InChI is InChI=1S/C20H18N4O4S/c1-12-15-10-17(29-20(15)24(2)23-12)19(26)22-21-18(25)16-9-8-14(28-16)11-27-13-6-4-3-5-7-13/h3-10H,11H2,1-2H3,(H,21,25)(H,22,26). The SMILES string of the molecule is Cc1nn(C)c2sc(C(=O)NNC(=O)c3ccc(COc4ccccc4)o3)cc12. The van der Waals surface area contributed by atoms with Crippen molar-refractivity contribution in [2.45, 2.75) is 13.5 Å². The van der Waals surface area contributed by atoms with Crippen LogP contribution in [-0.2, 0) is 13.7 Å². The van der Waals surface area contributed by atoms with Gasteiger partial charge in [-0.3, -0.25) is 25.1 Å². The van der Waals surface area contributed by atoms with Gasteiger partial charge in [-0.25, -0.2) is 0 Å². The molecule has 0 saturated heterocycles. The van der Waals surface area contributed by atoms with Crippen LogP contribution >= 0.6 is 11.3 Å². The van der Waals surface area contributed by atoms with Gasteiger partial charge in [0.25, 0.3) is 5.91 Å². The molecule has 4 aromatic rings. The fraction of sp³-hybridized carbons (Fsp3) is 0.150. The zero-order chi connectivity index (χ0) is 20.4. The third-order valence-electron chi connectivity index (χ3n) is 4.22. The molecule has 0 atom stereocenters. The van der Waals surface area contributed by atoms with E-state index >= 15 is 0 Å². The molecule has 2 amide bonds. The lowest BCUT2D eigenvalue weighted by Crippen LogP contribution is -2.41. The Kier molecular flexibility index (Phi) is 5.05. The van der Waals surface area contributed by atoms with E-state index in [0.717, 1.165) is 15.9 Å². The Morgan fingerprint density at radius 3 is 2.66 bits per heavy atom. The first kappa shape index (κ1) is 18.8. The second-order valence-corrected chi connectivity index (χ2v) is 7.35. The molecule has 0 aliphatic rings. The van der Waals surface area contributed by atoms with Crippen LogP contribution in [0.4, 0.5) is 0 Å². The molecule has 0 radical (unpaired) electrons. The highest BCUT2D eigenvalue weighted by molar-refractivity contribution is 7.20. The van der Waals surface area contributed by atoms with E-state index < -0.39 is 11.8 Å². The Morgan fingerprint density at radius 2 is 1.90 bits per heavy atom. The average Bonchev–Trinajstić information content (AvgIpc) is 3.43. The fourth-order valence-corrected chi connectivity index (χ4v) is 3.82. The van der Waals surface area contributed by atoms with E-state index in [1.807, 2.05) is 44.3 Å². The first-order valence-corrected chi connectivity index (χ1v) is 9.63. The monoisotopic (exact) mass is 410 g/mol. The van der Waals surface area contributed by atoms with Crippen molar-refractivity contribution in [1.82, 2.24) is 20.6 Å². The zero-order valence-electron chi connectivity index (χ0n) is 15.8. The number of nitrogens with zero attached hydrogens (tertiary/aromatic N) is 2. The third-order valence-corrected chi connectivity index (χ3v) is 5.42.